The van der Waals surface area contributed by atoms with E-state index in [2.05, 4.69) is 29.5 Å². The zero-order chi connectivity index (χ0) is 11.6. The van der Waals surface area contributed by atoms with Crippen molar-refractivity contribution in [2.24, 2.45) is 0 Å². The molecule has 0 unspecified atom stereocenters. The summed E-state index contributed by atoms with van der Waals surface area (Å²) in [7, 11) is 2.19. The fourth-order valence-corrected chi connectivity index (χ4v) is 2.41. The van der Waals surface area contributed by atoms with Gasteiger partial charge >= 0.3 is 0 Å². The number of rotatable bonds is 9. The first-order valence-corrected chi connectivity index (χ1v) is 7.02. The van der Waals surface area contributed by atoms with E-state index in [-0.39, 0.29) is 0 Å². The second-order valence-electron chi connectivity index (χ2n) is 4.27. The SMILES string of the molecule is CN(CCCCCCO)CCc1cccs1. The Labute approximate surface area is 103 Å². The van der Waals surface area contributed by atoms with Gasteiger partial charge in [0.1, 0.15) is 0 Å². The van der Waals surface area contributed by atoms with Crippen LogP contribution in [0.15, 0.2) is 17.5 Å². The van der Waals surface area contributed by atoms with E-state index in [0.717, 1.165) is 19.4 Å². The van der Waals surface area contributed by atoms with Crippen molar-refractivity contribution >= 4 is 11.3 Å². The van der Waals surface area contributed by atoms with Crippen LogP contribution in [0.2, 0.25) is 0 Å². The van der Waals surface area contributed by atoms with Gasteiger partial charge in [-0.2, -0.15) is 0 Å². The smallest absolute Gasteiger partial charge is 0.0431 e. The summed E-state index contributed by atoms with van der Waals surface area (Å²) in [5, 5.41) is 10.8. The average Bonchev–Trinajstić information content (AvgIpc) is 2.79. The molecule has 0 saturated heterocycles. The summed E-state index contributed by atoms with van der Waals surface area (Å²) in [6.45, 7) is 2.67. The zero-order valence-electron chi connectivity index (χ0n) is 10.2. The Morgan fingerprint density at radius 1 is 1.19 bits per heavy atom. The Hall–Kier alpha value is -0.380. The normalized spacial score (nSPS) is 11.2. The summed E-state index contributed by atoms with van der Waals surface area (Å²) < 4.78 is 0. The van der Waals surface area contributed by atoms with Crippen LogP contribution in [0.1, 0.15) is 30.6 Å². The highest BCUT2D eigenvalue weighted by Gasteiger charge is 1.99. The van der Waals surface area contributed by atoms with Gasteiger partial charge in [-0.15, -0.1) is 11.3 Å². The van der Waals surface area contributed by atoms with Crippen LogP contribution in [-0.4, -0.2) is 36.8 Å². The van der Waals surface area contributed by atoms with E-state index >= 15 is 0 Å². The van der Waals surface area contributed by atoms with Crippen LogP contribution in [0.3, 0.4) is 0 Å². The molecule has 0 radical (unpaired) electrons. The van der Waals surface area contributed by atoms with Crippen LogP contribution in [0.4, 0.5) is 0 Å². The van der Waals surface area contributed by atoms with Crippen molar-refractivity contribution in [3.05, 3.63) is 22.4 Å². The molecule has 2 nitrogen and oxygen atoms in total. The summed E-state index contributed by atoms with van der Waals surface area (Å²) in [4.78, 5) is 3.88. The predicted molar refractivity (Wildman–Crippen MR) is 71.1 cm³/mol. The van der Waals surface area contributed by atoms with Gasteiger partial charge in [0.15, 0.2) is 0 Å². The highest BCUT2D eigenvalue weighted by Crippen LogP contribution is 2.09. The van der Waals surface area contributed by atoms with E-state index in [4.69, 9.17) is 5.11 Å². The van der Waals surface area contributed by atoms with Crippen LogP contribution in [0.5, 0.6) is 0 Å². The van der Waals surface area contributed by atoms with Crippen LogP contribution >= 0.6 is 11.3 Å². The second-order valence-corrected chi connectivity index (χ2v) is 5.30. The Kier molecular flexibility index (Phi) is 7.47. The van der Waals surface area contributed by atoms with Gasteiger partial charge in [0.05, 0.1) is 0 Å². The number of nitrogens with zero attached hydrogens (tertiary/aromatic N) is 1. The monoisotopic (exact) mass is 241 g/mol. The first-order chi connectivity index (χ1) is 7.83. The average molecular weight is 241 g/mol. The third-order valence-electron chi connectivity index (χ3n) is 2.77. The number of thiophene rings is 1. The van der Waals surface area contributed by atoms with Crippen LogP contribution in [0, 0.1) is 0 Å². The Balaban J connectivity index is 1.96. The summed E-state index contributed by atoms with van der Waals surface area (Å²) in [6.07, 6.45) is 5.78. The highest BCUT2D eigenvalue weighted by atomic mass is 32.1. The summed E-state index contributed by atoms with van der Waals surface area (Å²) >= 11 is 1.85. The number of aliphatic hydroxyl groups excluding tert-OH is 1. The molecule has 1 rings (SSSR count). The number of likely N-dealkylation sites (N-methyl/N-ethyl adjacent to an activating group) is 1. The van der Waals surface area contributed by atoms with Crippen molar-refractivity contribution in [1.29, 1.82) is 0 Å². The van der Waals surface area contributed by atoms with Gasteiger partial charge in [0.2, 0.25) is 0 Å². The van der Waals surface area contributed by atoms with E-state index in [1.165, 1.54) is 30.7 Å². The first-order valence-electron chi connectivity index (χ1n) is 6.14. The van der Waals surface area contributed by atoms with E-state index in [1.807, 2.05) is 11.3 Å². The molecule has 0 aliphatic carbocycles. The molecule has 3 heteroatoms. The van der Waals surface area contributed by atoms with Gasteiger partial charge in [-0.05, 0) is 44.3 Å². The van der Waals surface area contributed by atoms with Gasteiger partial charge in [-0.3, -0.25) is 0 Å². The largest absolute Gasteiger partial charge is 0.396 e. The highest BCUT2D eigenvalue weighted by molar-refractivity contribution is 7.09. The van der Waals surface area contributed by atoms with Crippen LogP contribution in [-0.2, 0) is 6.42 Å². The third-order valence-corrected chi connectivity index (χ3v) is 3.70. The van der Waals surface area contributed by atoms with Crippen LogP contribution < -0.4 is 0 Å². The molecule has 0 aromatic carbocycles. The molecule has 0 bridgehead atoms. The molecule has 16 heavy (non-hydrogen) atoms. The van der Waals surface area contributed by atoms with E-state index in [9.17, 15) is 0 Å². The summed E-state index contributed by atoms with van der Waals surface area (Å²) in [6, 6.07) is 4.33. The molecule has 0 spiro atoms. The minimum absolute atomic E-state index is 0.341. The zero-order valence-corrected chi connectivity index (χ0v) is 11.0. The Bertz CT molecular complexity index is 248. The van der Waals surface area contributed by atoms with Gasteiger partial charge < -0.3 is 10.0 Å². The standard InChI is InChI=1S/C13H23NOS/c1-14(9-4-2-3-5-11-15)10-8-13-7-6-12-16-13/h6-7,12,15H,2-5,8-11H2,1H3. The molecule has 92 valence electrons. The van der Waals surface area contributed by atoms with Crippen molar-refractivity contribution < 1.29 is 5.11 Å². The molecule has 0 aliphatic rings. The predicted octanol–water partition coefficient (Wildman–Crippen LogP) is 2.78. The van der Waals surface area contributed by atoms with Gasteiger partial charge in [-0.1, -0.05) is 18.9 Å². The maximum Gasteiger partial charge on any atom is 0.0431 e. The number of aliphatic hydroxyl groups is 1. The maximum absolute atomic E-state index is 8.66. The fraction of sp³-hybridized carbons (Fsp3) is 0.692. The molecule has 1 N–H and O–H groups in total. The van der Waals surface area contributed by atoms with E-state index in [0.29, 0.717) is 6.61 Å². The topological polar surface area (TPSA) is 23.5 Å². The molecular weight excluding hydrogens is 218 g/mol. The lowest BCUT2D eigenvalue weighted by Crippen LogP contribution is -2.22. The fourth-order valence-electron chi connectivity index (χ4n) is 1.71. The van der Waals surface area contributed by atoms with Crippen molar-refractivity contribution in [2.45, 2.75) is 32.1 Å². The number of hydrogen-bond donors (Lipinski definition) is 1. The third kappa shape index (κ3) is 6.26. The van der Waals surface area contributed by atoms with Crippen molar-refractivity contribution in [1.82, 2.24) is 4.90 Å². The molecule has 0 atom stereocenters. The van der Waals surface area contributed by atoms with Crippen molar-refractivity contribution in [2.75, 3.05) is 26.7 Å². The Morgan fingerprint density at radius 2 is 2.00 bits per heavy atom. The summed E-state index contributed by atoms with van der Waals surface area (Å²) in [5.41, 5.74) is 0. The number of unbranched alkanes of at least 4 members (excludes halogenated alkanes) is 3. The van der Waals surface area contributed by atoms with Gasteiger partial charge in [-0.25, -0.2) is 0 Å². The van der Waals surface area contributed by atoms with E-state index in [1.54, 1.807) is 0 Å². The lowest BCUT2D eigenvalue weighted by molar-refractivity contribution is 0.278. The molecule has 0 amide bonds. The van der Waals surface area contributed by atoms with Gasteiger partial charge in [0, 0.05) is 18.0 Å². The molecule has 1 heterocycles. The second kappa shape index (κ2) is 8.74. The van der Waals surface area contributed by atoms with E-state index < -0.39 is 0 Å². The maximum atomic E-state index is 8.66. The molecule has 0 fully saturated rings. The van der Waals surface area contributed by atoms with Crippen LogP contribution in [0.25, 0.3) is 0 Å². The molecule has 1 aromatic heterocycles. The minimum Gasteiger partial charge on any atom is -0.396 e. The molecule has 0 aliphatic heterocycles. The van der Waals surface area contributed by atoms with Crippen molar-refractivity contribution in [3.63, 3.8) is 0 Å². The molecule has 0 saturated carbocycles. The Morgan fingerprint density at radius 3 is 2.69 bits per heavy atom. The number of hydrogen-bond acceptors (Lipinski definition) is 3. The first kappa shape index (κ1) is 13.7. The quantitative estimate of drug-likeness (QED) is 0.672. The lowest BCUT2D eigenvalue weighted by atomic mass is 10.2. The molecular formula is C13H23NOS. The molecule has 1 aromatic rings. The minimum atomic E-state index is 0.341. The lowest BCUT2D eigenvalue weighted by Gasteiger charge is -2.15. The van der Waals surface area contributed by atoms with Crippen molar-refractivity contribution in [3.8, 4) is 0 Å². The van der Waals surface area contributed by atoms with Gasteiger partial charge in [0.25, 0.3) is 0 Å². The summed E-state index contributed by atoms with van der Waals surface area (Å²) in [5.74, 6) is 0.